The van der Waals surface area contributed by atoms with Crippen LogP contribution in [-0.4, -0.2) is 53.2 Å². The normalized spacial score (nSPS) is 10.5. The number of anilines is 1. The molecule has 0 radical (unpaired) electrons. The van der Waals surface area contributed by atoms with Crippen LogP contribution in [0.3, 0.4) is 0 Å². The smallest absolute Gasteiger partial charge is 0.337 e. The molecule has 0 aliphatic carbocycles. The number of aliphatic hydroxyl groups is 1. The highest BCUT2D eigenvalue weighted by Gasteiger charge is 2.20. The van der Waals surface area contributed by atoms with E-state index < -0.39 is 31.6 Å². The second-order valence-corrected chi connectivity index (χ2v) is 4.90. The predicted molar refractivity (Wildman–Crippen MR) is 74.8 cm³/mol. The quantitative estimate of drug-likeness (QED) is 0.720. The number of carboxylic acid groups (broad SMARTS) is 1. The van der Waals surface area contributed by atoms with E-state index in [-0.39, 0.29) is 17.8 Å². The third-order valence-corrected chi connectivity index (χ3v) is 2.96. The van der Waals surface area contributed by atoms with Crippen LogP contribution in [0.1, 0.15) is 10.4 Å². The number of hydrogen-bond acceptors (Lipinski definition) is 3. The molecule has 2 amide bonds. The second-order valence-electron chi connectivity index (χ2n) is 3.99. The molecular formula is C12H13BrF2N2O4. The van der Waals surface area contributed by atoms with Gasteiger partial charge in [0.15, 0.2) is 0 Å². The highest BCUT2D eigenvalue weighted by atomic mass is 79.9. The maximum Gasteiger partial charge on any atom is 0.337 e. The Bertz CT molecular complexity index is 528. The number of nitrogens with zero attached hydrogens (tertiary/aromatic N) is 1. The van der Waals surface area contributed by atoms with Crippen LogP contribution in [0.15, 0.2) is 22.7 Å². The van der Waals surface area contributed by atoms with Crippen molar-refractivity contribution in [1.29, 1.82) is 0 Å². The van der Waals surface area contributed by atoms with Crippen molar-refractivity contribution in [2.75, 3.05) is 25.0 Å². The Labute approximate surface area is 127 Å². The van der Waals surface area contributed by atoms with Crippen molar-refractivity contribution in [2.45, 2.75) is 6.43 Å². The largest absolute Gasteiger partial charge is 0.478 e. The summed E-state index contributed by atoms with van der Waals surface area (Å²) in [6.45, 7) is -1.63. The van der Waals surface area contributed by atoms with E-state index in [1.165, 1.54) is 18.2 Å². The van der Waals surface area contributed by atoms with Crippen LogP contribution in [0.25, 0.3) is 0 Å². The molecule has 9 heteroatoms. The average Bonchev–Trinajstić information content (AvgIpc) is 2.37. The summed E-state index contributed by atoms with van der Waals surface area (Å²) in [5.74, 6) is -1.26. The van der Waals surface area contributed by atoms with E-state index in [1.54, 1.807) is 0 Å². The molecule has 0 unspecified atom stereocenters. The number of alkyl halides is 2. The molecule has 116 valence electrons. The fraction of sp³-hybridized carbons (Fsp3) is 0.333. The van der Waals surface area contributed by atoms with Crippen molar-refractivity contribution in [3.63, 3.8) is 0 Å². The van der Waals surface area contributed by atoms with Crippen LogP contribution in [0.2, 0.25) is 0 Å². The first-order chi connectivity index (χ1) is 9.85. The Morgan fingerprint density at radius 3 is 2.57 bits per heavy atom. The van der Waals surface area contributed by atoms with Crippen LogP contribution < -0.4 is 5.32 Å². The summed E-state index contributed by atoms with van der Waals surface area (Å²) in [6.07, 6.45) is -2.76. The van der Waals surface area contributed by atoms with Gasteiger partial charge < -0.3 is 20.4 Å². The van der Waals surface area contributed by atoms with Crippen molar-refractivity contribution >= 4 is 33.6 Å². The maximum absolute atomic E-state index is 12.4. The van der Waals surface area contributed by atoms with E-state index in [2.05, 4.69) is 21.2 Å². The minimum Gasteiger partial charge on any atom is -0.478 e. The molecule has 21 heavy (non-hydrogen) atoms. The van der Waals surface area contributed by atoms with Gasteiger partial charge in [-0.25, -0.2) is 18.4 Å². The van der Waals surface area contributed by atoms with E-state index in [0.29, 0.717) is 9.37 Å². The van der Waals surface area contributed by atoms with Gasteiger partial charge in [-0.05, 0) is 18.2 Å². The molecule has 0 heterocycles. The first-order valence-electron chi connectivity index (χ1n) is 5.83. The molecule has 3 N–H and O–H groups in total. The van der Waals surface area contributed by atoms with Crippen LogP contribution >= 0.6 is 15.9 Å². The lowest BCUT2D eigenvalue weighted by Gasteiger charge is -2.22. The van der Waals surface area contributed by atoms with Gasteiger partial charge >= 0.3 is 12.0 Å². The number of aromatic carboxylic acids is 1. The Balaban J connectivity index is 2.94. The lowest BCUT2D eigenvalue weighted by molar-refractivity contribution is 0.0697. The van der Waals surface area contributed by atoms with Gasteiger partial charge in [-0.3, -0.25) is 0 Å². The SMILES string of the molecule is O=C(O)c1ccc(Br)cc1NC(=O)N(CCO)CC(F)F. The lowest BCUT2D eigenvalue weighted by atomic mass is 10.2. The van der Waals surface area contributed by atoms with Gasteiger partial charge in [0, 0.05) is 11.0 Å². The zero-order valence-electron chi connectivity index (χ0n) is 10.7. The Kier molecular flexibility index (Phi) is 6.50. The van der Waals surface area contributed by atoms with Gasteiger partial charge in [0.2, 0.25) is 0 Å². The van der Waals surface area contributed by atoms with E-state index in [0.717, 1.165) is 0 Å². The number of benzene rings is 1. The van der Waals surface area contributed by atoms with Gasteiger partial charge in [-0.15, -0.1) is 0 Å². The molecule has 0 spiro atoms. The summed E-state index contributed by atoms with van der Waals surface area (Å²) in [4.78, 5) is 23.6. The summed E-state index contributed by atoms with van der Waals surface area (Å²) in [5.41, 5.74) is -0.202. The number of nitrogens with one attached hydrogen (secondary N) is 1. The number of halogens is 3. The number of rotatable bonds is 6. The van der Waals surface area contributed by atoms with E-state index in [4.69, 9.17) is 10.2 Å². The Morgan fingerprint density at radius 2 is 2.05 bits per heavy atom. The molecule has 0 aliphatic heterocycles. The number of hydrogen-bond donors (Lipinski definition) is 3. The topological polar surface area (TPSA) is 89.9 Å². The molecule has 6 nitrogen and oxygen atoms in total. The predicted octanol–water partition coefficient (Wildman–Crippen LogP) is 2.24. The van der Waals surface area contributed by atoms with Crippen molar-refractivity contribution in [2.24, 2.45) is 0 Å². The molecule has 1 aromatic rings. The molecule has 0 aromatic heterocycles. The fourth-order valence-electron chi connectivity index (χ4n) is 1.56. The van der Waals surface area contributed by atoms with Crippen molar-refractivity contribution in [1.82, 2.24) is 4.90 Å². The molecule has 1 aromatic carbocycles. The highest BCUT2D eigenvalue weighted by molar-refractivity contribution is 9.10. The summed E-state index contributed by atoms with van der Waals surface area (Å²) in [5, 5.41) is 20.1. The van der Waals surface area contributed by atoms with Gasteiger partial charge in [-0.2, -0.15) is 0 Å². The number of carboxylic acids is 1. The molecule has 0 aliphatic rings. The van der Waals surface area contributed by atoms with Crippen LogP contribution in [0.4, 0.5) is 19.3 Å². The van der Waals surface area contributed by atoms with Crippen LogP contribution in [0.5, 0.6) is 0 Å². The number of urea groups is 1. The molecule has 0 saturated heterocycles. The maximum atomic E-state index is 12.4. The molecular weight excluding hydrogens is 354 g/mol. The van der Waals surface area contributed by atoms with Gasteiger partial charge in [0.05, 0.1) is 24.4 Å². The first kappa shape index (κ1) is 17.3. The monoisotopic (exact) mass is 366 g/mol. The van der Waals surface area contributed by atoms with Crippen molar-refractivity contribution in [3.05, 3.63) is 28.2 Å². The standard InChI is InChI=1S/C12H13BrF2N2O4/c13-7-1-2-8(11(19)20)9(5-7)16-12(21)17(3-4-18)6-10(14)15/h1-2,5,10,18H,3-4,6H2,(H,16,21)(H,19,20). The lowest BCUT2D eigenvalue weighted by Crippen LogP contribution is -2.40. The second kappa shape index (κ2) is 7.89. The van der Waals surface area contributed by atoms with Gasteiger partial charge in [0.25, 0.3) is 6.43 Å². The molecule has 0 atom stereocenters. The third kappa shape index (κ3) is 5.27. The summed E-state index contributed by atoms with van der Waals surface area (Å²) >= 11 is 3.13. The summed E-state index contributed by atoms with van der Waals surface area (Å²) in [7, 11) is 0. The number of carbonyl (C=O) groups is 2. The number of aliphatic hydroxyl groups excluding tert-OH is 1. The first-order valence-corrected chi connectivity index (χ1v) is 6.62. The Morgan fingerprint density at radius 1 is 1.38 bits per heavy atom. The van der Waals surface area contributed by atoms with Crippen molar-refractivity contribution in [3.8, 4) is 0 Å². The number of carbonyl (C=O) groups excluding carboxylic acids is 1. The molecule has 0 fully saturated rings. The van der Waals surface area contributed by atoms with Gasteiger partial charge in [-0.1, -0.05) is 15.9 Å². The molecule has 1 rings (SSSR count). The summed E-state index contributed by atoms with van der Waals surface area (Å²) in [6, 6.07) is 3.18. The van der Waals surface area contributed by atoms with Crippen LogP contribution in [-0.2, 0) is 0 Å². The van der Waals surface area contributed by atoms with E-state index in [9.17, 15) is 18.4 Å². The summed E-state index contributed by atoms with van der Waals surface area (Å²) < 4.78 is 25.3. The fourth-order valence-corrected chi connectivity index (χ4v) is 1.92. The third-order valence-electron chi connectivity index (χ3n) is 2.47. The van der Waals surface area contributed by atoms with Crippen molar-refractivity contribution < 1.29 is 28.6 Å². The highest BCUT2D eigenvalue weighted by Crippen LogP contribution is 2.22. The molecule has 0 bridgehead atoms. The zero-order chi connectivity index (χ0) is 16.0. The minimum atomic E-state index is -2.76. The Hall–Kier alpha value is -1.74. The number of amides is 2. The minimum absolute atomic E-state index is 0.0286. The van der Waals surface area contributed by atoms with E-state index >= 15 is 0 Å². The zero-order valence-corrected chi connectivity index (χ0v) is 12.3. The average molecular weight is 367 g/mol. The van der Waals surface area contributed by atoms with Crippen LogP contribution in [0, 0.1) is 0 Å². The van der Waals surface area contributed by atoms with Gasteiger partial charge in [0.1, 0.15) is 0 Å². The van der Waals surface area contributed by atoms with E-state index in [1.807, 2.05) is 0 Å². The molecule has 0 saturated carbocycles.